The van der Waals surface area contributed by atoms with Crippen molar-refractivity contribution >= 4 is 17.9 Å². The molecule has 0 saturated carbocycles. The van der Waals surface area contributed by atoms with Crippen molar-refractivity contribution in [3.05, 3.63) is 114 Å². The van der Waals surface area contributed by atoms with Crippen molar-refractivity contribution in [2.45, 2.75) is 50.7 Å². The van der Waals surface area contributed by atoms with E-state index in [0.29, 0.717) is 23.5 Å². The van der Waals surface area contributed by atoms with Gasteiger partial charge >= 0.3 is 0 Å². The molecule has 3 heterocycles. The van der Waals surface area contributed by atoms with Crippen LogP contribution in [0.1, 0.15) is 70.4 Å². The molecule has 2 aliphatic heterocycles. The van der Waals surface area contributed by atoms with Crippen LogP contribution in [0.15, 0.2) is 91.3 Å². The van der Waals surface area contributed by atoms with Crippen LogP contribution in [0.2, 0.25) is 0 Å². The molecule has 4 aromatic rings. The summed E-state index contributed by atoms with van der Waals surface area (Å²) >= 11 is 0. The molecule has 3 unspecified atom stereocenters. The number of nitrogens with zero attached hydrogens (tertiary/aromatic N) is 3. The Morgan fingerprint density at radius 1 is 0.979 bits per heavy atom. The van der Waals surface area contributed by atoms with Crippen LogP contribution >= 0.6 is 0 Å². The number of rotatable bonds is 14. The molecule has 250 valence electrons. The highest BCUT2D eigenvalue weighted by atomic mass is 16.7. The highest BCUT2D eigenvalue weighted by molar-refractivity contribution is 6.21. The second-order valence-electron chi connectivity index (χ2n) is 12.0. The number of imide groups is 1. The molecule has 48 heavy (non-hydrogen) atoms. The predicted octanol–water partition coefficient (Wildman–Crippen LogP) is 6.09. The Hall–Kier alpha value is -4.61. The molecule has 6 rings (SSSR count). The van der Waals surface area contributed by atoms with Crippen LogP contribution in [-0.4, -0.2) is 77.2 Å². The Morgan fingerprint density at radius 3 is 2.29 bits per heavy atom. The SMILES string of the molecule is COC(COc1ccc(-c2ccc(/C=C/[C@@H](CO)n3ccnc3C(C)OC3CCCCO3)cc2)cc1)CN1C(=O)c2ccccc2C1=O. The fraction of sp³-hybridized carbons (Fsp3) is 0.342. The molecule has 3 aromatic carbocycles. The van der Waals surface area contributed by atoms with Crippen LogP contribution in [-0.2, 0) is 14.2 Å². The molecular formula is C38H41N3O7. The third kappa shape index (κ3) is 7.58. The number of carbonyl (C=O) groups is 2. The first kappa shape index (κ1) is 33.3. The maximum atomic E-state index is 12.7. The van der Waals surface area contributed by atoms with Gasteiger partial charge in [0.25, 0.3) is 11.8 Å². The minimum atomic E-state index is -0.480. The lowest BCUT2D eigenvalue weighted by molar-refractivity contribution is -0.188. The van der Waals surface area contributed by atoms with Crippen LogP contribution in [0.4, 0.5) is 0 Å². The topological polar surface area (TPSA) is 112 Å². The van der Waals surface area contributed by atoms with E-state index in [4.69, 9.17) is 18.9 Å². The molecule has 2 amide bonds. The molecule has 1 N–H and O–H groups in total. The first-order valence-electron chi connectivity index (χ1n) is 16.4. The number of aliphatic hydroxyl groups is 1. The largest absolute Gasteiger partial charge is 0.491 e. The van der Waals surface area contributed by atoms with E-state index in [2.05, 4.69) is 17.1 Å². The minimum Gasteiger partial charge on any atom is -0.491 e. The van der Waals surface area contributed by atoms with E-state index in [1.54, 1.807) is 30.5 Å². The fourth-order valence-electron chi connectivity index (χ4n) is 6.01. The first-order chi connectivity index (χ1) is 23.4. The average Bonchev–Trinajstić information content (AvgIpc) is 3.71. The van der Waals surface area contributed by atoms with E-state index in [1.807, 2.05) is 66.2 Å². The monoisotopic (exact) mass is 651 g/mol. The van der Waals surface area contributed by atoms with Crippen molar-refractivity contribution in [1.29, 1.82) is 0 Å². The van der Waals surface area contributed by atoms with Crippen molar-refractivity contribution in [3.8, 4) is 16.9 Å². The highest BCUT2D eigenvalue weighted by Gasteiger charge is 2.36. The van der Waals surface area contributed by atoms with Gasteiger partial charge in [-0.25, -0.2) is 4.98 Å². The van der Waals surface area contributed by atoms with Crippen LogP contribution < -0.4 is 4.74 Å². The maximum absolute atomic E-state index is 12.7. The summed E-state index contributed by atoms with van der Waals surface area (Å²) in [5.74, 6) is 0.772. The first-order valence-corrected chi connectivity index (χ1v) is 16.4. The Bertz CT molecular complexity index is 1680. The molecule has 1 fully saturated rings. The van der Waals surface area contributed by atoms with Crippen LogP contribution in [0.3, 0.4) is 0 Å². The second kappa shape index (κ2) is 15.5. The van der Waals surface area contributed by atoms with Gasteiger partial charge in [0, 0.05) is 26.1 Å². The number of benzene rings is 3. The zero-order valence-corrected chi connectivity index (χ0v) is 27.2. The van der Waals surface area contributed by atoms with E-state index in [9.17, 15) is 14.7 Å². The maximum Gasteiger partial charge on any atom is 0.261 e. The average molecular weight is 652 g/mol. The number of hydrogen-bond acceptors (Lipinski definition) is 8. The summed E-state index contributed by atoms with van der Waals surface area (Å²) < 4.78 is 25.3. The molecule has 0 bridgehead atoms. The van der Waals surface area contributed by atoms with Crippen molar-refractivity contribution in [3.63, 3.8) is 0 Å². The number of ether oxygens (including phenoxy) is 4. The second-order valence-corrected chi connectivity index (χ2v) is 12.0. The van der Waals surface area contributed by atoms with E-state index >= 15 is 0 Å². The van der Waals surface area contributed by atoms with Gasteiger partial charge < -0.3 is 28.6 Å². The Morgan fingerprint density at radius 2 is 1.67 bits per heavy atom. The Labute approximate surface area is 280 Å². The lowest BCUT2D eigenvalue weighted by Crippen LogP contribution is -2.40. The third-order valence-corrected chi connectivity index (χ3v) is 8.74. The lowest BCUT2D eigenvalue weighted by Gasteiger charge is -2.27. The van der Waals surface area contributed by atoms with Crippen LogP contribution in [0.5, 0.6) is 5.75 Å². The summed E-state index contributed by atoms with van der Waals surface area (Å²) in [5.41, 5.74) is 3.90. The normalized spacial score (nSPS) is 18.2. The van der Waals surface area contributed by atoms with Gasteiger partial charge in [-0.15, -0.1) is 0 Å². The number of aliphatic hydroxyl groups excluding tert-OH is 1. The lowest BCUT2D eigenvalue weighted by atomic mass is 10.0. The van der Waals surface area contributed by atoms with Crippen LogP contribution in [0, 0.1) is 0 Å². The van der Waals surface area contributed by atoms with Crippen molar-refractivity contribution in [2.24, 2.45) is 0 Å². The van der Waals surface area contributed by atoms with E-state index in [-0.39, 0.29) is 50.0 Å². The van der Waals surface area contributed by atoms with Gasteiger partial charge in [-0.1, -0.05) is 60.7 Å². The number of aromatic nitrogens is 2. The van der Waals surface area contributed by atoms with Crippen molar-refractivity contribution in [2.75, 3.05) is 33.5 Å². The van der Waals surface area contributed by atoms with E-state index < -0.39 is 6.10 Å². The summed E-state index contributed by atoms with van der Waals surface area (Å²) in [6.45, 7) is 2.89. The standard InChI is InChI=1S/C38H41N3O7/c1-26(48-35-9-5-6-22-46-35)36-39-20-21-40(36)30(24-42)17-12-27-10-13-28(14-11-27)29-15-18-31(19-16-29)47-25-32(45-2)23-41-37(43)33-7-3-4-8-34(33)38(41)44/h3-4,7-8,10-21,26,30,32,35,42H,5-6,9,22-25H2,1-2H3/b17-12+/t26?,30-,32?,35?/m0/s1. The molecule has 10 heteroatoms. The summed E-state index contributed by atoms with van der Waals surface area (Å²) in [7, 11) is 1.54. The van der Waals surface area contributed by atoms with Crippen LogP contribution in [0.25, 0.3) is 17.2 Å². The number of amides is 2. The summed E-state index contributed by atoms with van der Waals surface area (Å²) in [6.07, 6.45) is 9.61. The third-order valence-electron chi connectivity index (χ3n) is 8.74. The molecule has 0 aliphatic carbocycles. The van der Waals surface area contributed by atoms with Crippen molar-refractivity contribution in [1.82, 2.24) is 14.5 Å². The molecule has 10 nitrogen and oxygen atoms in total. The molecule has 4 atom stereocenters. The predicted molar refractivity (Wildman–Crippen MR) is 180 cm³/mol. The van der Waals surface area contributed by atoms with Crippen molar-refractivity contribution < 1.29 is 33.6 Å². The number of carbonyl (C=O) groups excluding carboxylic acids is 2. The minimum absolute atomic E-state index is 0.0765. The molecule has 1 aromatic heterocycles. The molecule has 0 spiro atoms. The zero-order valence-electron chi connectivity index (χ0n) is 27.2. The molecular weight excluding hydrogens is 610 g/mol. The summed E-state index contributed by atoms with van der Waals surface area (Å²) in [5, 5.41) is 10.2. The van der Waals surface area contributed by atoms with E-state index in [0.717, 1.165) is 41.8 Å². The Kier molecular flexibility index (Phi) is 10.8. The van der Waals surface area contributed by atoms with Gasteiger partial charge in [0.1, 0.15) is 30.4 Å². The molecule has 1 saturated heterocycles. The Balaban J connectivity index is 1.02. The number of hydrogen-bond donors (Lipinski definition) is 1. The van der Waals surface area contributed by atoms with Gasteiger partial charge in [0.15, 0.2) is 6.29 Å². The summed E-state index contributed by atoms with van der Waals surface area (Å²) in [4.78, 5) is 31.2. The van der Waals surface area contributed by atoms with Gasteiger partial charge in [-0.3, -0.25) is 14.5 Å². The molecule has 0 radical (unpaired) electrons. The molecule has 2 aliphatic rings. The zero-order chi connectivity index (χ0) is 33.5. The number of fused-ring (bicyclic) bond motifs is 1. The van der Waals surface area contributed by atoms with E-state index in [1.165, 1.54) is 12.0 Å². The fourth-order valence-corrected chi connectivity index (χ4v) is 6.01. The number of imidazole rings is 1. The smallest absolute Gasteiger partial charge is 0.261 e. The highest BCUT2D eigenvalue weighted by Crippen LogP contribution is 2.27. The van der Waals surface area contributed by atoms with Gasteiger partial charge in [-0.2, -0.15) is 0 Å². The van der Waals surface area contributed by atoms with Gasteiger partial charge in [0.2, 0.25) is 0 Å². The van der Waals surface area contributed by atoms with Gasteiger partial charge in [-0.05, 0) is 67.1 Å². The van der Waals surface area contributed by atoms with Gasteiger partial charge in [0.05, 0.1) is 30.3 Å². The quantitative estimate of drug-likeness (QED) is 0.163. The summed E-state index contributed by atoms with van der Waals surface area (Å²) in [6, 6.07) is 22.4. The number of methoxy groups -OCH3 is 1.